The quantitative estimate of drug-likeness (QED) is 0.758. The van der Waals surface area contributed by atoms with Crippen molar-refractivity contribution in [2.45, 2.75) is 20.4 Å². The Hall–Kier alpha value is -1.82. The summed E-state index contributed by atoms with van der Waals surface area (Å²) >= 11 is 0. The predicted octanol–water partition coefficient (Wildman–Crippen LogP) is 1.15. The van der Waals surface area contributed by atoms with Crippen LogP contribution in [0.15, 0.2) is 6.20 Å². The minimum absolute atomic E-state index is 0.238. The summed E-state index contributed by atoms with van der Waals surface area (Å²) in [5.41, 5.74) is 2.72. The minimum Gasteiger partial charge on any atom is -0.496 e. The summed E-state index contributed by atoms with van der Waals surface area (Å²) in [6.45, 7) is 5.20. The molecule has 0 saturated carbocycles. The third-order valence-corrected chi connectivity index (χ3v) is 2.76. The van der Waals surface area contributed by atoms with E-state index >= 15 is 0 Å². The van der Waals surface area contributed by atoms with Crippen LogP contribution in [0.3, 0.4) is 0 Å². The van der Waals surface area contributed by atoms with Crippen molar-refractivity contribution in [2.24, 2.45) is 0 Å². The molecular formula is C13H21N3O3. The highest BCUT2D eigenvalue weighted by Gasteiger charge is 2.10. The van der Waals surface area contributed by atoms with Gasteiger partial charge in [-0.1, -0.05) is 0 Å². The number of pyridine rings is 1. The van der Waals surface area contributed by atoms with E-state index in [1.807, 2.05) is 13.8 Å². The van der Waals surface area contributed by atoms with Crippen molar-refractivity contribution < 1.29 is 14.3 Å². The van der Waals surface area contributed by atoms with E-state index in [0.29, 0.717) is 19.7 Å². The number of nitrogens with zero attached hydrogens (tertiary/aromatic N) is 1. The van der Waals surface area contributed by atoms with Crippen molar-refractivity contribution in [1.29, 1.82) is 0 Å². The number of carbonyl (C=O) groups excluding carboxylic acids is 1. The molecule has 1 rings (SSSR count). The number of hydrogen-bond acceptors (Lipinski definition) is 4. The molecule has 0 aliphatic carbocycles. The lowest BCUT2D eigenvalue weighted by atomic mass is 10.1. The number of aromatic nitrogens is 1. The van der Waals surface area contributed by atoms with Crippen molar-refractivity contribution in [3.8, 4) is 5.75 Å². The van der Waals surface area contributed by atoms with E-state index in [0.717, 1.165) is 22.6 Å². The van der Waals surface area contributed by atoms with Crippen molar-refractivity contribution in [2.75, 3.05) is 27.4 Å². The number of ether oxygens (including phenoxy) is 2. The average Bonchev–Trinajstić information content (AvgIpc) is 2.39. The van der Waals surface area contributed by atoms with Crippen molar-refractivity contribution >= 4 is 6.03 Å². The van der Waals surface area contributed by atoms with Gasteiger partial charge in [-0.3, -0.25) is 4.98 Å². The summed E-state index contributed by atoms with van der Waals surface area (Å²) in [6.07, 6.45) is 1.74. The van der Waals surface area contributed by atoms with Gasteiger partial charge >= 0.3 is 6.03 Å². The van der Waals surface area contributed by atoms with Crippen LogP contribution in [-0.4, -0.2) is 38.4 Å². The molecule has 1 aromatic rings. The topological polar surface area (TPSA) is 72.5 Å². The lowest BCUT2D eigenvalue weighted by Gasteiger charge is -2.13. The monoisotopic (exact) mass is 267 g/mol. The highest BCUT2D eigenvalue weighted by Crippen LogP contribution is 2.23. The normalized spacial score (nSPS) is 10.1. The zero-order chi connectivity index (χ0) is 14.3. The van der Waals surface area contributed by atoms with Crippen LogP contribution in [-0.2, 0) is 11.3 Å². The summed E-state index contributed by atoms with van der Waals surface area (Å²) in [7, 11) is 3.22. The molecule has 1 aromatic heterocycles. The van der Waals surface area contributed by atoms with E-state index in [4.69, 9.17) is 9.47 Å². The number of methoxy groups -OCH3 is 2. The molecule has 106 valence electrons. The predicted molar refractivity (Wildman–Crippen MR) is 72.4 cm³/mol. The number of hydrogen-bond donors (Lipinski definition) is 2. The highest BCUT2D eigenvalue weighted by atomic mass is 16.5. The van der Waals surface area contributed by atoms with Gasteiger partial charge in [0, 0.05) is 31.0 Å². The first-order chi connectivity index (χ1) is 9.10. The van der Waals surface area contributed by atoms with Crippen LogP contribution in [0.2, 0.25) is 0 Å². The van der Waals surface area contributed by atoms with Crippen molar-refractivity contribution in [3.05, 3.63) is 23.0 Å². The van der Waals surface area contributed by atoms with Gasteiger partial charge in [-0.2, -0.15) is 0 Å². The Morgan fingerprint density at radius 3 is 2.68 bits per heavy atom. The second-order valence-electron chi connectivity index (χ2n) is 4.15. The molecule has 2 amide bonds. The number of aryl methyl sites for hydroxylation is 1. The molecule has 0 saturated heterocycles. The molecule has 2 N–H and O–H groups in total. The second-order valence-corrected chi connectivity index (χ2v) is 4.15. The SMILES string of the molecule is COCCNC(=O)NCc1ncc(C)c(OC)c1C. The second kappa shape index (κ2) is 7.58. The summed E-state index contributed by atoms with van der Waals surface area (Å²) in [6, 6.07) is -0.238. The Labute approximate surface area is 113 Å². The zero-order valence-corrected chi connectivity index (χ0v) is 11.9. The molecule has 0 aromatic carbocycles. The molecule has 0 bridgehead atoms. The number of carbonyl (C=O) groups is 1. The van der Waals surface area contributed by atoms with Crippen LogP contribution in [0.25, 0.3) is 0 Å². The number of nitrogens with one attached hydrogen (secondary N) is 2. The van der Waals surface area contributed by atoms with E-state index in [1.165, 1.54) is 0 Å². The Bertz CT molecular complexity index is 435. The Kier molecular flexibility index (Phi) is 6.08. The minimum atomic E-state index is -0.238. The van der Waals surface area contributed by atoms with Crippen LogP contribution in [0.5, 0.6) is 5.75 Å². The molecule has 0 aliphatic rings. The van der Waals surface area contributed by atoms with E-state index in [-0.39, 0.29) is 6.03 Å². The fraction of sp³-hybridized carbons (Fsp3) is 0.538. The molecule has 6 nitrogen and oxygen atoms in total. The highest BCUT2D eigenvalue weighted by molar-refractivity contribution is 5.73. The maximum atomic E-state index is 11.5. The summed E-state index contributed by atoms with van der Waals surface area (Å²) < 4.78 is 10.2. The Morgan fingerprint density at radius 1 is 1.32 bits per heavy atom. The summed E-state index contributed by atoms with van der Waals surface area (Å²) in [5.74, 6) is 0.812. The lowest BCUT2D eigenvalue weighted by molar-refractivity contribution is 0.195. The van der Waals surface area contributed by atoms with Gasteiger partial charge in [-0.05, 0) is 13.8 Å². The van der Waals surface area contributed by atoms with Gasteiger partial charge in [0.1, 0.15) is 5.75 Å². The van der Waals surface area contributed by atoms with Gasteiger partial charge in [-0.25, -0.2) is 4.79 Å². The molecule has 6 heteroatoms. The largest absolute Gasteiger partial charge is 0.496 e. The third kappa shape index (κ3) is 4.40. The maximum absolute atomic E-state index is 11.5. The number of amides is 2. The molecule has 0 atom stereocenters. The van der Waals surface area contributed by atoms with E-state index in [2.05, 4.69) is 15.6 Å². The molecule has 19 heavy (non-hydrogen) atoms. The van der Waals surface area contributed by atoms with E-state index in [9.17, 15) is 4.79 Å². The van der Waals surface area contributed by atoms with Crippen LogP contribution in [0.4, 0.5) is 4.79 Å². The lowest BCUT2D eigenvalue weighted by Crippen LogP contribution is -2.37. The van der Waals surface area contributed by atoms with Gasteiger partial charge in [0.2, 0.25) is 0 Å². The first-order valence-electron chi connectivity index (χ1n) is 6.09. The molecular weight excluding hydrogens is 246 g/mol. The standard InChI is InChI=1S/C13H21N3O3/c1-9-7-15-11(10(2)12(9)19-4)8-16-13(17)14-5-6-18-3/h7H,5-6,8H2,1-4H3,(H2,14,16,17). The maximum Gasteiger partial charge on any atom is 0.315 e. The molecule has 0 radical (unpaired) electrons. The van der Waals surface area contributed by atoms with Crippen LogP contribution >= 0.6 is 0 Å². The number of urea groups is 1. The average molecular weight is 267 g/mol. The van der Waals surface area contributed by atoms with Gasteiger partial charge in [0.15, 0.2) is 0 Å². The summed E-state index contributed by atoms with van der Waals surface area (Å²) in [5, 5.41) is 5.42. The molecule has 0 fully saturated rings. The Morgan fingerprint density at radius 2 is 2.05 bits per heavy atom. The summed E-state index contributed by atoms with van der Waals surface area (Å²) in [4.78, 5) is 15.8. The van der Waals surface area contributed by atoms with Gasteiger partial charge < -0.3 is 20.1 Å². The molecule has 1 heterocycles. The van der Waals surface area contributed by atoms with Gasteiger partial charge in [0.05, 0.1) is 26.0 Å². The third-order valence-electron chi connectivity index (χ3n) is 2.76. The first kappa shape index (κ1) is 15.2. The molecule has 0 aliphatic heterocycles. The molecule has 0 spiro atoms. The van der Waals surface area contributed by atoms with Gasteiger partial charge in [-0.15, -0.1) is 0 Å². The Balaban J connectivity index is 2.56. The number of rotatable bonds is 6. The smallest absolute Gasteiger partial charge is 0.315 e. The fourth-order valence-electron chi connectivity index (χ4n) is 1.74. The van der Waals surface area contributed by atoms with Crippen molar-refractivity contribution in [1.82, 2.24) is 15.6 Å². The van der Waals surface area contributed by atoms with Crippen LogP contribution in [0.1, 0.15) is 16.8 Å². The van der Waals surface area contributed by atoms with Crippen LogP contribution in [0, 0.1) is 13.8 Å². The zero-order valence-electron chi connectivity index (χ0n) is 11.9. The van der Waals surface area contributed by atoms with Crippen LogP contribution < -0.4 is 15.4 Å². The van der Waals surface area contributed by atoms with E-state index in [1.54, 1.807) is 20.4 Å². The van der Waals surface area contributed by atoms with Gasteiger partial charge in [0.25, 0.3) is 0 Å². The van der Waals surface area contributed by atoms with E-state index < -0.39 is 0 Å². The molecule has 0 unspecified atom stereocenters. The first-order valence-corrected chi connectivity index (χ1v) is 6.09. The fourth-order valence-corrected chi connectivity index (χ4v) is 1.74. The van der Waals surface area contributed by atoms with Crippen molar-refractivity contribution in [3.63, 3.8) is 0 Å².